The van der Waals surface area contributed by atoms with Gasteiger partial charge in [-0.3, -0.25) is 0 Å². The summed E-state index contributed by atoms with van der Waals surface area (Å²) in [7, 11) is 0. The molecule has 3 rings (SSSR count). The maximum Gasteiger partial charge on any atom is 0.323 e. The van der Waals surface area contributed by atoms with Gasteiger partial charge in [-0.2, -0.15) is 0 Å². The topological polar surface area (TPSA) is 41.1 Å². The Kier molecular flexibility index (Phi) is 4.49. The minimum Gasteiger partial charge on any atom is -0.307 e. The van der Waals surface area contributed by atoms with E-state index in [2.05, 4.69) is 43.5 Å². The van der Waals surface area contributed by atoms with E-state index in [1.165, 1.54) is 5.56 Å². The van der Waals surface area contributed by atoms with Crippen LogP contribution in [0.25, 0.3) is 10.8 Å². The predicted molar refractivity (Wildman–Crippen MR) is 106 cm³/mol. The first-order valence-corrected chi connectivity index (χ1v) is 8.51. The highest BCUT2D eigenvalue weighted by Crippen LogP contribution is 2.27. The molecule has 0 aliphatic heterocycles. The molecule has 0 aliphatic carbocycles. The van der Waals surface area contributed by atoms with Crippen molar-refractivity contribution in [3.05, 3.63) is 71.8 Å². The number of hydrogen-bond acceptors (Lipinski definition) is 1. The van der Waals surface area contributed by atoms with Gasteiger partial charge in [0.15, 0.2) is 0 Å². The van der Waals surface area contributed by atoms with Crippen molar-refractivity contribution in [2.24, 2.45) is 0 Å². The first-order chi connectivity index (χ1) is 11.8. The Morgan fingerprint density at radius 3 is 2.28 bits per heavy atom. The Morgan fingerprint density at radius 1 is 0.840 bits per heavy atom. The molecule has 0 unspecified atom stereocenters. The summed E-state index contributed by atoms with van der Waals surface area (Å²) in [5.41, 5.74) is 3.92. The quantitative estimate of drug-likeness (QED) is 0.586. The third kappa shape index (κ3) is 3.82. The number of hydrogen-bond donors (Lipinski definition) is 2. The Balaban J connectivity index is 1.83. The van der Waals surface area contributed by atoms with E-state index in [9.17, 15) is 4.79 Å². The Labute approximate surface area is 149 Å². The largest absolute Gasteiger partial charge is 0.323 e. The van der Waals surface area contributed by atoms with Gasteiger partial charge in [0.05, 0.1) is 5.69 Å². The van der Waals surface area contributed by atoms with E-state index in [-0.39, 0.29) is 11.4 Å². The molecule has 2 amide bonds. The van der Waals surface area contributed by atoms with Gasteiger partial charge in [0.25, 0.3) is 0 Å². The highest BCUT2D eigenvalue weighted by Gasteiger charge is 2.15. The molecule has 0 bridgehead atoms. The van der Waals surface area contributed by atoms with Gasteiger partial charge in [0, 0.05) is 11.1 Å². The second-order valence-electron chi connectivity index (χ2n) is 7.39. The van der Waals surface area contributed by atoms with Crippen LogP contribution >= 0.6 is 0 Å². The number of benzene rings is 3. The number of nitrogens with one attached hydrogen (secondary N) is 2. The molecule has 3 heteroatoms. The van der Waals surface area contributed by atoms with Crippen LogP contribution in [0, 0.1) is 6.92 Å². The Bertz CT molecular complexity index is 917. The number of aryl methyl sites for hydroxylation is 1. The maximum atomic E-state index is 12.5. The molecule has 0 aromatic heterocycles. The second-order valence-corrected chi connectivity index (χ2v) is 7.39. The fourth-order valence-corrected chi connectivity index (χ4v) is 2.83. The van der Waals surface area contributed by atoms with Crippen molar-refractivity contribution in [1.29, 1.82) is 0 Å². The van der Waals surface area contributed by atoms with Crippen LogP contribution in [0.4, 0.5) is 16.2 Å². The maximum absolute atomic E-state index is 12.5. The summed E-state index contributed by atoms with van der Waals surface area (Å²) in [6, 6.07) is 19.9. The lowest BCUT2D eigenvalue weighted by atomic mass is 9.86. The first-order valence-electron chi connectivity index (χ1n) is 8.51. The summed E-state index contributed by atoms with van der Waals surface area (Å²) < 4.78 is 0. The summed E-state index contributed by atoms with van der Waals surface area (Å²) >= 11 is 0. The van der Waals surface area contributed by atoms with Crippen LogP contribution in [0.2, 0.25) is 0 Å². The average molecular weight is 332 g/mol. The molecule has 0 radical (unpaired) electrons. The smallest absolute Gasteiger partial charge is 0.307 e. The summed E-state index contributed by atoms with van der Waals surface area (Å²) in [5, 5.41) is 8.09. The van der Waals surface area contributed by atoms with Crippen molar-refractivity contribution >= 4 is 28.2 Å². The van der Waals surface area contributed by atoms with Crippen LogP contribution in [0.3, 0.4) is 0 Å². The van der Waals surface area contributed by atoms with Gasteiger partial charge in [-0.25, -0.2) is 4.79 Å². The van der Waals surface area contributed by atoms with E-state index in [4.69, 9.17) is 0 Å². The molecule has 0 saturated heterocycles. The zero-order chi connectivity index (χ0) is 18.0. The number of rotatable bonds is 2. The Morgan fingerprint density at radius 2 is 1.52 bits per heavy atom. The van der Waals surface area contributed by atoms with Crippen molar-refractivity contribution in [2.75, 3.05) is 10.6 Å². The minimum atomic E-state index is -0.231. The Hall–Kier alpha value is -2.81. The summed E-state index contributed by atoms with van der Waals surface area (Å²) in [4.78, 5) is 12.5. The molecule has 3 nitrogen and oxygen atoms in total. The molecule has 0 aliphatic rings. The van der Waals surface area contributed by atoms with Crippen molar-refractivity contribution < 1.29 is 4.79 Å². The predicted octanol–water partition coefficient (Wildman–Crippen LogP) is 6.09. The monoisotopic (exact) mass is 332 g/mol. The van der Waals surface area contributed by atoms with Gasteiger partial charge < -0.3 is 10.6 Å². The first kappa shape index (κ1) is 17.0. The molecule has 25 heavy (non-hydrogen) atoms. The van der Waals surface area contributed by atoms with Crippen LogP contribution in [0.1, 0.15) is 31.9 Å². The number of amides is 2. The molecule has 2 N–H and O–H groups in total. The van der Waals surface area contributed by atoms with Crippen LogP contribution in [-0.2, 0) is 5.41 Å². The van der Waals surface area contributed by atoms with Gasteiger partial charge in [0.1, 0.15) is 0 Å². The SMILES string of the molecule is Cc1ccc(C(C)(C)C)cc1NC(=O)Nc1cccc2ccccc12. The molecule has 3 aromatic carbocycles. The highest BCUT2D eigenvalue weighted by molar-refractivity contribution is 6.06. The van der Waals surface area contributed by atoms with Crippen molar-refractivity contribution in [3.63, 3.8) is 0 Å². The standard InChI is InChI=1S/C22H24N2O/c1-15-12-13-17(22(2,3)4)14-20(15)24-21(25)23-19-11-7-9-16-8-5-6-10-18(16)19/h5-14H,1-4H3,(H2,23,24,25). The molecule has 3 aromatic rings. The lowest BCUT2D eigenvalue weighted by molar-refractivity contribution is 0.262. The van der Waals surface area contributed by atoms with Gasteiger partial charge in [0.2, 0.25) is 0 Å². The average Bonchev–Trinajstić information content (AvgIpc) is 2.56. The van der Waals surface area contributed by atoms with E-state index >= 15 is 0 Å². The molecule has 0 saturated carbocycles. The van der Waals surface area contributed by atoms with Gasteiger partial charge in [-0.1, -0.05) is 69.3 Å². The minimum absolute atomic E-state index is 0.0379. The van der Waals surface area contributed by atoms with Crippen molar-refractivity contribution in [1.82, 2.24) is 0 Å². The molecular weight excluding hydrogens is 308 g/mol. The van der Waals surface area contributed by atoms with E-state index in [1.807, 2.05) is 55.5 Å². The highest BCUT2D eigenvalue weighted by atomic mass is 16.2. The molecular formula is C22H24N2O. The number of anilines is 2. The number of carbonyl (C=O) groups excluding carboxylic acids is 1. The molecule has 0 spiro atoms. The van der Waals surface area contributed by atoms with Gasteiger partial charge in [-0.15, -0.1) is 0 Å². The fraction of sp³-hybridized carbons (Fsp3) is 0.227. The van der Waals surface area contributed by atoms with Crippen molar-refractivity contribution in [3.8, 4) is 0 Å². The lowest BCUT2D eigenvalue weighted by Gasteiger charge is -2.21. The molecule has 128 valence electrons. The zero-order valence-corrected chi connectivity index (χ0v) is 15.2. The molecule has 0 heterocycles. The van der Waals surface area contributed by atoms with E-state index in [0.29, 0.717) is 0 Å². The number of fused-ring (bicyclic) bond motifs is 1. The van der Waals surface area contributed by atoms with Gasteiger partial charge in [-0.05, 0) is 41.0 Å². The summed E-state index contributed by atoms with van der Waals surface area (Å²) in [5.74, 6) is 0. The van der Waals surface area contributed by atoms with Crippen LogP contribution < -0.4 is 10.6 Å². The zero-order valence-electron chi connectivity index (χ0n) is 15.2. The van der Waals surface area contributed by atoms with Crippen LogP contribution in [0.5, 0.6) is 0 Å². The normalized spacial score (nSPS) is 11.4. The fourth-order valence-electron chi connectivity index (χ4n) is 2.83. The third-order valence-corrected chi connectivity index (χ3v) is 4.39. The number of carbonyl (C=O) groups is 1. The van der Waals surface area contributed by atoms with E-state index in [1.54, 1.807) is 0 Å². The lowest BCUT2D eigenvalue weighted by Crippen LogP contribution is -2.21. The third-order valence-electron chi connectivity index (χ3n) is 4.39. The van der Waals surface area contributed by atoms with Crippen LogP contribution in [-0.4, -0.2) is 6.03 Å². The molecule has 0 atom stereocenters. The number of urea groups is 1. The summed E-state index contributed by atoms with van der Waals surface area (Å²) in [6.45, 7) is 8.49. The summed E-state index contributed by atoms with van der Waals surface area (Å²) in [6.07, 6.45) is 0. The van der Waals surface area contributed by atoms with Crippen molar-refractivity contribution in [2.45, 2.75) is 33.1 Å². The second kappa shape index (κ2) is 6.60. The van der Waals surface area contributed by atoms with Gasteiger partial charge >= 0.3 is 6.03 Å². The van der Waals surface area contributed by atoms with E-state index in [0.717, 1.165) is 27.7 Å². The molecule has 0 fully saturated rings. The van der Waals surface area contributed by atoms with Crippen LogP contribution in [0.15, 0.2) is 60.7 Å². The van der Waals surface area contributed by atoms with E-state index < -0.39 is 0 Å².